The van der Waals surface area contributed by atoms with Gasteiger partial charge in [-0.25, -0.2) is 9.18 Å². The van der Waals surface area contributed by atoms with E-state index >= 15 is 0 Å². The molecule has 1 aromatic carbocycles. The molecule has 130 valence electrons. The minimum absolute atomic E-state index is 0.0149. The predicted octanol–water partition coefficient (Wildman–Crippen LogP) is 5.42. The normalized spacial score (nSPS) is 23.7. The number of piperidine rings is 1. The van der Waals surface area contributed by atoms with E-state index in [1.165, 1.54) is 6.07 Å². The Balaban J connectivity index is 1.87. The van der Waals surface area contributed by atoms with Gasteiger partial charge in [0.05, 0.1) is 11.1 Å². The van der Waals surface area contributed by atoms with Gasteiger partial charge in [-0.15, -0.1) is 0 Å². The number of ether oxygens (including phenoxy) is 1. The minimum Gasteiger partial charge on any atom is -0.444 e. The lowest BCUT2D eigenvalue weighted by atomic mass is 9.83. The standard InChI is InChI=1S/C19H23ClFNO2/c1-19(2,3)24-18(23)22-14-5-4-6-15(22)10-13(9-14)12-7-8-16(20)17(21)11-12/h7-9,11,14-15H,4-6,10H2,1-3H3. The Morgan fingerprint density at radius 3 is 2.71 bits per heavy atom. The maximum atomic E-state index is 13.8. The fourth-order valence-electron chi connectivity index (χ4n) is 3.54. The highest BCUT2D eigenvalue weighted by molar-refractivity contribution is 6.30. The third-order valence-corrected chi connectivity index (χ3v) is 4.84. The molecule has 2 aliphatic heterocycles. The van der Waals surface area contributed by atoms with Crippen molar-refractivity contribution in [2.24, 2.45) is 0 Å². The van der Waals surface area contributed by atoms with Crippen molar-refractivity contribution in [3.05, 3.63) is 40.7 Å². The van der Waals surface area contributed by atoms with Gasteiger partial charge in [-0.2, -0.15) is 0 Å². The molecule has 0 spiro atoms. The van der Waals surface area contributed by atoms with Crippen LogP contribution in [0.5, 0.6) is 0 Å². The molecule has 1 amide bonds. The molecule has 3 rings (SSSR count). The van der Waals surface area contributed by atoms with Crippen molar-refractivity contribution in [2.75, 3.05) is 0 Å². The van der Waals surface area contributed by atoms with Crippen LogP contribution in [-0.4, -0.2) is 28.7 Å². The van der Waals surface area contributed by atoms with Gasteiger partial charge in [-0.3, -0.25) is 4.90 Å². The Bertz CT molecular complexity index is 680. The van der Waals surface area contributed by atoms with Gasteiger partial charge in [0.1, 0.15) is 11.4 Å². The van der Waals surface area contributed by atoms with Crippen LogP contribution < -0.4 is 0 Å². The molecule has 3 nitrogen and oxygen atoms in total. The van der Waals surface area contributed by atoms with Gasteiger partial charge in [0.25, 0.3) is 0 Å². The van der Waals surface area contributed by atoms with Crippen LogP contribution in [0.15, 0.2) is 24.3 Å². The Morgan fingerprint density at radius 2 is 2.08 bits per heavy atom. The molecule has 2 aliphatic rings. The average Bonchev–Trinajstić information content (AvgIpc) is 2.47. The lowest BCUT2D eigenvalue weighted by Crippen LogP contribution is -2.53. The zero-order valence-electron chi connectivity index (χ0n) is 14.3. The number of carbonyl (C=O) groups is 1. The summed E-state index contributed by atoms with van der Waals surface area (Å²) in [5.74, 6) is -0.408. The van der Waals surface area contributed by atoms with Gasteiger partial charge >= 0.3 is 6.09 Å². The Labute approximate surface area is 147 Å². The summed E-state index contributed by atoms with van der Waals surface area (Å²) >= 11 is 5.78. The zero-order valence-corrected chi connectivity index (χ0v) is 15.1. The first-order valence-corrected chi connectivity index (χ1v) is 8.80. The van der Waals surface area contributed by atoms with Crippen molar-refractivity contribution in [1.29, 1.82) is 0 Å². The fourth-order valence-corrected chi connectivity index (χ4v) is 3.66. The molecule has 0 aromatic heterocycles. The van der Waals surface area contributed by atoms with E-state index in [-0.39, 0.29) is 23.2 Å². The smallest absolute Gasteiger partial charge is 0.411 e. The average molecular weight is 352 g/mol. The van der Waals surface area contributed by atoms with Crippen LogP contribution >= 0.6 is 11.6 Å². The number of benzene rings is 1. The number of halogens is 2. The molecule has 2 unspecified atom stereocenters. The fraction of sp³-hybridized carbons (Fsp3) is 0.526. The van der Waals surface area contributed by atoms with Gasteiger partial charge in [0.15, 0.2) is 0 Å². The van der Waals surface area contributed by atoms with Crippen LogP contribution in [0.4, 0.5) is 9.18 Å². The van der Waals surface area contributed by atoms with Crippen LogP contribution in [0.1, 0.15) is 52.0 Å². The first kappa shape index (κ1) is 17.3. The van der Waals surface area contributed by atoms with Crippen molar-refractivity contribution < 1.29 is 13.9 Å². The molecular weight excluding hydrogens is 329 g/mol. The van der Waals surface area contributed by atoms with E-state index in [1.807, 2.05) is 31.7 Å². The molecule has 24 heavy (non-hydrogen) atoms. The molecule has 0 radical (unpaired) electrons. The number of nitrogens with zero attached hydrogens (tertiary/aromatic N) is 1. The Hall–Kier alpha value is -1.55. The third-order valence-electron chi connectivity index (χ3n) is 4.53. The molecule has 2 heterocycles. The van der Waals surface area contributed by atoms with Crippen LogP contribution in [0.25, 0.3) is 5.57 Å². The molecular formula is C19H23ClFNO2. The topological polar surface area (TPSA) is 29.5 Å². The molecule has 1 fully saturated rings. The van der Waals surface area contributed by atoms with Crippen LogP contribution in [0.2, 0.25) is 5.02 Å². The van der Waals surface area contributed by atoms with Crippen LogP contribution in [0.3, 0.4) is 0 Å². The Kier molecular flexibility index (Phi) is 4.60. The van der Waals surface area contributed by atoms with Crippen molar-refractivity contribution in [1.82, 2.24) is 4.90 Å². The van der Waals surface area contributed by atoms with E-state index in [0.717, 1.165) is 36.8 Å². The highest BCUT2D eigenvalue weighted by Gasteiger charge is 2.39. The van der Waals surface area contributed by atoms with E-state index in [1.54, 1.807) is 6.07 Å². The minimum atomic E-state index is -0.505. The second-order valence-electron chi connectivity index (χ2n) is 7.56. The van der Waals surface area contributed by atoms with Gasteiger partial charge in [0, 0.05) is 6.04 Å². The lowest BCUT2D eigenvalue weighted by molar-refractivity contribution is 0.0000829. The van der Waals surface area contributed by atoms with Gasteiger partial charge in [0.2, 0.25) is 0 Å². The maximum Gasteiger partial charge on any atom is 0.411 e. The van der Waals surface area contributed by atoms with Crippen molar-refractivity contribution >= 4 is 23.3 Å². The summed E-state index contributed by atoms with van der Waals surface area (Å²) in [5, 5.41) is 0.130. The Morgan fingerprint density at radius 1 is 1.33 bits per heavy atom. The SMILES string of the molecule is CC(C)(C)OC(=O)N1C2C=C(c3ccc(Cl)c(F)c3)CC1CCC2. The highest BCUT2D eigenvalue weighted by atomic mass is 35.5. The van der Waals surface area contributed by atoms with Crippen LogP contribution in [0, 0.1) is 5.82 Å². The summed E-state index contributed by atoms with van der Waals surface area (Å²) in [4.78, 5) is 14.4. The molecule has 0 N–H and O–H groups in total. The second-order valence-corrected chi connectivity index (χ2v) is 7.97. The van der Waals surface area contributed by atoms with E-state index < -0.39 is 11.4 Å². The van der Waals surface area contributed by atoms with E-state index in [4.69, 9.17) is 16.3 Å². The summed E-state index contributed by atoms with van der Waals surface area (Å²) in [6.07, 6.45) is 5.50. The van der Waals surface area contributed by atoms with E-state index in [9.17, 15) is 9.18 Å². The number of hydrogen-bond acceptors (Lipinski definition) is 2. The lowest BCUT2D eigenvalue weighted by Gasteiger charge is -2.45. The molecule has 0 saturated carbocycles. The molecule has 2 atom stereocenters. The van der Waals surface area contributed by atoms with E-state index in [0.29, 0.717) is 0 Å². The molecule has 1 aromatic rings. The van der Waals surface area contributed by atoms with Crippen molar-refractivity contribution in [2.45, 2.75) is 64.1 Å². The molecule has 1 saturated heterocycles. The number of fused-ring (bicyclic) bond motifs is 2. The summed E-state index contributed by atoms with van der Waals surface area (Å²) in [7, 11) is 0. The van der Waals surface area contributed by atoms with Crippen molar-refractivity contribution in [3.63, 3.8) is 0 Å². The second kappa shape index (κ2) is 6.40. The summed E-state index contributed by atoms with van der Waals surface area (Å²) in [5.41, 5.74) is 1.42. The largest absolute Gasteiger partial charge is 0.444 e. The summed E-state index contributed by atoms with van der Waals surface area (Å²) < 4.78 is 19.3. The molecule has 2 bridgehead atoms. The summed E-state index contributed by atoms with van der Waals surface area (Å²) in [6.45, 7) is 5.63. The van der Waals surface area contributed by atoms with Gasteiger partial charge < -0.3 is 4.74 Å². The molecule has 5 heteroatoms. The highest BCUT2D eigenvalue weighted by Crippen LogP contribution is 2.38. The zero-order chi connectivity index (χ0) is 17.5. The monoisotopic (exact) mass is 351 g/mol. The number of hydrogen-bond donors (Lipinski definition) is 0. The predicted molar refractivity (Wildman–Crippen MR) is 93.5 cm³/mol. The third kappa shape index (κ3) is 3.59. The maximum absolute atomic E-state index is 13.8. The number of amides is 1. The number of carbonyl (C=O) groups excluding carboxylic acids is 1. The molecule has 0 aliphatic carbocycles. The summed E-state index contributed by atoms with van der Waals surface area (Å²) in [6, 6.07) is 5.03. The quantitative estimate of drug-likeness (QED) is 0.675. The van der Waals surface area contributed by atoms with Gasteiger partial charge in [-0.05, 0) is 69.7 Å². The number of rotatable bonds is 1. The van der Waals surface area contributed by atoms with Crippen molar-refractivity contribution in [3.8, 4) is 0 Å². The van der Waals surface area contributed by atoms with E-state index in [2.05, 4.69) is 6.08 Å². The first-order valence-electron chi connectivity index (χ1n) is 8.42. The van der Waals surface area contributed by atoms with Gasteiger partial charge in [-0.1, -0.05) is 23.7 Å². The van der Waals surface area contributed by atoms with Crippen LogP contribution in [-0.2, 0) is 4.74 Å². The first-order chi connectivity index (χ1) is 11.2.